The Kier molecular flexibility index (Phi) is 4.35. The van der Waals surface area contributed by atoms with E-state index >= 15 is 0 Å². The number of carbonyl (C=O) groups is 2. The summed E-state index contributed by atoms with van der Waals surface area (Å²) in [6.07, 6.45) is 1.26. The molecule has 9 heteroatoms. The number of nitrogens with one attached hydrogen (secondary N) is 1. The van der Waals surface area contributed by atoms with E-state index in [2.05, 4.69) is 31.6 Å². The van der Waals surface area contributed by atoms with E-state index in [-0.39, 0.29) is 12.2 Å². The van der Waals surface area contributed by atoms with E-state index in [9.17, 15) is 9.59 Å². The summed E-state index contributed by atoms with van der Waals surface area (Å²) in [5, 5.41) is 18.9. The van der Waals surface area contributed by atoms with Crippen molar-refractivity contribution in [2.75, 3.05) is 5.32 Å². The maximum absolute atomic E-state index is 11.9. The van der Waals surface area contributed by atoms with Crippen LogP contribution in [0.4, 0.5) is 5.69 Å². The number of carboxylic acids is 1. The monoisotopic (exact) mass is 358 g/mol. The highest BCUT2D eigenvalue weighted by Crippen LogP contribution is 2.25. The van der Waals surface area contributed by atoms with Crippen LogP contribution in [0.2, 0.25) is 5.02 Å². The largest absolute Gasteiger partial charge is 0.480 e. The summed E-state index contributed by atoms with van der Waals surface area (Å²) in [6, 6.07) is 4.90. The number of halogens is 2. The van der Waals surface area contributed by atoms with Crippen molar-refractivity contribution in [3.8, 4) is 0 Å². The molecule has 1 aromatic heterocycles. The second kappa shape index (κ2) is 6.02. The molecule has 20 heavy (non-hydrogen) atoms. The van der Waals surface area contributed by atoms with Crippen LogP contribution in [0.5, 0.6) is 0 Å². The number of aromatic nitrogens is 3. The van der Waals surface area contributed by atoms with E-state index in [4.69, 9.17) is 16.7 Å². The molecule has 0 aliphatic heterocycles. The third-order valence-electron chi connectivity index (χ3n) is 2.25. The minimum atomic E-state index is -1.07. The maximum Gasteiger partial charge on any atom is 0.325 e. The molecule has 0 unspecified atom stereocenters. The summed E-state index contributed by atoms with van der Waals surface area (Å²) in [4.78, 5) is 22.4. The number of aliphatic carboxylic acids is 1. The molecular formula is C11H8BrClN4O3. The molecule has 104 valence electrons. The quantitative estimate of drug-likeness (QED) is 0.870. The molecule has 0 spiro atoms. The van der Waals surface area contributed by atoms with Gasteiger partial charge in [-0.2, -0.15) is 0 Å². The Labute approximate surface area is 126 Å². The van der Waals surface area contributed by atoms with Crippen molar-refractivity contribution >= 4 is 45.1 Å². The van der Waals surface area contributed by atoms with Crippen LogP contribution in [0.15, 0.2) is 28.9 Å². The van der Waals surface area contributed by atoms with Gasteiger partial charge in [-0.25, -0.2) is 4.68 Å². The number of hydrogen-bond acceptors (Lipinski definition) is 4. The molecule has 0 aliphatic carbocycles. The lowest BCUT2D eigenvalue weighted by Crippen LogP contribution is -2.12. The topological polar surface area (TPSA) is 97.1 Å². The summed E-state index contributed by atoms with van der Waals surface area (Å²) in [7, 11) is 0. The summed E-state index contributed by atoms with van der Waals surface area (Å²) in [5.74, 6) is -1.56. The second-order valence-corrected chi connectivity index (χ2v) is 5.04. The van der Waals surface area contributed by atoms with Gasteiger partial charge >= 0.3 is 5.97 Å². The van der Waals surface area contributed by atoms with Gasteiger partial charge in [-0.15, -0.1) is 5.10 Å². The van der Waals surface area contributed by atoms with Gasteiger partial charge in [0.2, 0.25) is 0 Å². The van der Waals surface area contributed by atoms with Crippen LogP contribution in [-0.2, 0) is 11.3 Å². The number of nitrogens with zero attached hydrogens (tertiary/aromatic N) is 3. The molecular weight excluding hydrogens is 352 g/mol. The van der Waals surface area contributed by atoms with Gasteiger partial charge < -0.3 is 10.4 Å². The Morgan fingerprint density at radius 1 is 1.45 bits per heavy atom. The fourth-order valence-corrected chi connectivity index (χ4v) is 1.88. The molecule has 2 aromatic rings. The van der Waals surface area contributed by atoms with Gasteiger partial charge in [-0.1, -0.05) is 16.8 Å². The van der Waals surface area contributed by atoms with Gasteiger partial charge in [0.05, 0.1) is 11.2 Å². The van der Waals surface area contributed by atoms with Crippen LogP contribution < -0.4 is 5.32 Å². The first-order chi connectivity index (χ1) is 9.45. The maximum atomic E-state index is 11.9. The van der Waals surface area contributed by atoms with Gasteiger partial charge in [0, 0.05) is 10.2 Å². The van der Waals surface area contributed by atoms with Gasteiger partial charge in [-0.3, -0.25) is 9.59 Å². The smallest absolute Gasteiger partial charge is 0.325 e. The molecule has 1 heterocycles. The van der Waals surface area contributed by atoms with Gasteiger partial charge in [0.15, 0.2) is 5.69 Å². The Hall–Kier alpha value is -1.93. The predicted octanol–water partition coefficient (Wildman–Crippen LogP) is 2.03. The first-order valence-corrected chi connectivity index (χ1v) is 6.51. The first-order valence-electron chi connectivity index (χ1n) is 5.34. The molecule has 0 saturated heterocycles. The molecule has 2 rings (SSSR count). The van der Waals surface area contributed by atoms with Gasteiger partial charge in [0.25, 0.3) is 5.91 Å². The van der Waals surface area contributed by atoms with Crippen LogP contribution in [-0.4, -0.2) is 32.0 Å². The first kappa shape index (κ1) is 14.5. The average Bonchev–Trinajstić information content (AvgIpc) is 2.81. The third kappa shape index (κ3) is 3.55. The Balaban J connectivity index is 2.09. The van der Waals surface area contributed by atoms with E-state index in [1.807, 2.05) is 0 Å². The lowest BCUT2D eigenvalue weighted by Gasteiger charge is -2.04. The van der Waals surface area contributed by atoms with Crippen molar-refractivity contribution in [3.63, 3.8) is 0 Å². The van der Waals surface area contributed by atoms with Crippen LogP contribution >= 0.6 is 27.5 Å². The van der Waals surface area contributed by atoms with Crippen LogP contribution in [0.1, 0.15) is 10.5 Å². The van der Waals surface area contributed by atoms with Crippen LogP contribution in [0.25, 0.3) is 0 Å². The zero-order valence-corrected chi connectivity index (χ0v) is 12.2. The standard InChI is InChI=1S/C11H8BrClN4O3/c12-7-3-6(1-2-8(7)13)14-11(20)9-4-17(16-15-9)5-10(18)19/h1-4H,5H2,(H,14,20)(H,18,19). The molecule has 0 fully saturated rings. The zero-order chi connectivity index (χ0) is 14.7. The lowest BCUT2D eigenvalue weighted by molar-refractivity contribution is -0.137. The molecule has 0 aliphatic rings. The van der Waals surface area contributed by atoms with Crippen LogP contribution in [0, 0.1) is 0 Å². The fraction of sp³-hybridized carbons (Fsp3) is 0.0909. The molecule has 0 radical (unpaired) electrons. The second-order valence-electron chi connectivity index (χ2n) is 3.78. The highest BCUT2D eigenvalue weighted by Gasteiger charge is 2.12. The highest BCUT2D eigenvalue weighted by molar-refractivity contribution is 9.10. The van der Waals surface area contributed by atoms with Crippen molar-refractivity contribution in [1.29, 1.82) is 0 Å². The summed E-state index contributed by atoms with van der Waals surface area (Å²) < 4.78 is 1.71. The lowest BCUT2D eigenvalue weighted by atomic mass is 10.3. The van der Waals surface area contributed by atoms with E-state index in [1.54, 1.807) is 18.2 Å². The van der Waals surface area contributed by atoms with E-state index in [0.717, 1.165) is 4.68 Å². The molecule has 2 N–H and O–H groups in total. The summed E-state index contributed by atoms with van der Waals surface area (Å²) in [6.45, 7) is -0.354. The number of hydrogen-bond donors (Lipinski definition) is 2. The minimum absolute atomic E-state index is 0.0253. The highest BCUT2D eigenvalue weighted by atomic mass is 79.9. The van der Waals surface area contributed by atoms with E-state index in [1.165, 1.54) is 6.20 Å². The Bertz CT molecular complexity index is 673. The number of benzene rings is 1. The molecule has 7 nitrogen and oxygen atoms in total. The number of carbonyl (C=O) groups excluding carboxylic acids is 1. The predicted molar refractivity (Wildman–Crippen MR) is 74.8 cm³/mol. The van der Waals surface area contributed by atoms with E-state index in [0.29, 0.717) is 15.2 Å². The molecule has 1 aromatic carbocycles. The van der Waals surface area contributed by atoms with Crippen molar-refractivity contribution < 1.29 is 14.7 Å². The summed E-state index contributed by atoms with van der Waals surface area (Å²) in [5.41, 5.74) is 0.552. The SMILES string of the molecule is O=C(O)Cn1cc(C(=O)Nc2ccc(Cl)c(Br)c2)nn1. The number of amides is 1. The molecule has 0 bridgehead atoms. The van der Waals surface area contributed by atoms with Gasteiger partial charge in [0.1, 0.15) is 6.54 Å². The average molecular weight is 360 g/mol. The van der Waals surface area contributed by atoms with Crippen molar-refractivity contribution in [1.82, 2.24) is 15.0 Å². The molecule has 0 atom stereocenters. The molecule has 0 saturated carbocycles. The summed E-state index contributed by atoms with van der Waals surface area (Å²) >= 11 is 9.09. The normalized spacial score (nSPS) is 10.3. The van der Waals surface area contributed by atoms with Gasteiger partial charge in [-0.05, 0) is 34.1 Å². The number of anilines is 1. The van der Waals surface area contributed by atoms with Crippen LogP contribution in [0.3, 0.4) is 0 Å². The Morgan fingerprint density at radius 3 is 2.85 bits per heavy atom. The van der Waals surface area contributed by atoms with Crippen molar-refractivity contribution in [2.45, 2.75) is 6.54 Å². The van der Waals surface area contributed by atoms with Crippen molar-refractivity contribution in [2.24, 2.45) is 0 Å². The number of carboxylic acid groups (broad SMARTS) is 1. The molecule has 1 amide bonds. The minimum Gasteiger partial charge on any atom is -0.480 e. The Morgan fingerprint density at radius 2 is 2.20 bits per heavy atom. The zero-order valence-electron chi connectivity index (χ0n) is 9.88. The fourth-order valence-electron chi connectivity index (χ4n) is 1.39. The number of rotatable bonds is 4. The third-order valence-corrected chi connectivity index (χ3v) is 3.46. The van der Waals surface area contributed by atoms with Crippen molar-refractivity contribution in [3.05, 3.63) is 39.6 Å². The van der Waals surface area contributed by atoms with E-state index < -0.39 is 11.9 Å².